The lowest BCUT2D eigenvalue weighted by molar-refractivity contribution is -0.120. The minimum absolute atomic E-state index is 0.184. The lowest BCUT2D eigenvalue weighted by Crippen LogP contribution is -2.42. The topological polar surface area (TPSA) is 75.3 Å². The summed E-state index contributed by atoms with van der Waals surface area (Å²) in [7, 11) is -3.62. The number of carbonyl (C=O) groups excluding carboxylic acids is 1. The van der Waals surface area contributed by atoms with Crippen LogP contribution in [0.3, 0.4) is 0 Å². The Kier molecular flexibility index (Phi) is 6.36. The van der Waals surface area contributed by atoms with Gasteiger partial charge in [0.2, 0.25) is 15.9 Å². The van der Waals surface area contributed by atoms with Gasteiger partial charge in [-0.05, 0) is 31.4 Å². The molecule has 0 bridgehead atoms. The zero-order valence-corrected chi connectivity index (χ0v) is 14.2. The van der Waals surface area contributed by atoms with Crippen molar-refractivity contribution in [1.82, 2.24) is 10.0 Å². The van der Waals surface area contributed by atoms with Gasteiger partial charge in [0.15, 0.2) is 0 Å². The number of rotatable bonds is 6. The SMILES string of the molecule is Cc1ccc(C=CS(=O)(=O)NCC(=O)NC2CCCCC2)cc1. The Hall–Kier alpha value is -1.66. The minimum Gasteiger partial charge on any atom is -0.352 e. The molecule has 1 aromatic carbocycles. The molecule has 1 aromatic rings. The number of carbonyl (C=O) groups is 1. The molecule has 0 heterocycles. The lowest BCUT2D eigenvalue weighted by Gasteiger charge is -2.22. The van der Waals surface area contributed by atoms with Crippen molar-refractivity contribution in [2.24, 2.45) is 0 Å². The average Bonchev–Trinajstić information content (AvgIpc) is 2.54. The van der Waals surface area contributed by atoms with E-state index in [1.165, 1.54) is 12.5 Å². The van der Waals surface area contributed by atoms with Crippen LogP contribution in [0.5, 0.6) is 0 Å². The van der Waals surface area contributed by atoms with E-state index in [4.69, 9.17) is 0 Å². The standard InChI is InChI=1S/C17H24N2O3S/c1-14-7-9-15(10-8-14)11-12-23(21,22)18-13-17(20)19-16-5-3-2-4-6-16/h7-12,16,18H,2-6,13H2,1H3,(H,19,20). The fraction of sp³-hybridized carbons (Fsp3) is 0.471. The predicted octanol–water partition coefficient (Wildman–Crippen LogP) is 2.33. The molecule has 2 rings (SSSR count). The second kappa shape index (κ2) is 8.26. The van der Waals surface area contributed by atoms with Crippen LogP contribution in [0.1, 0.15) is 43.2 Å². The van der Waals surface area contributed by atoms with Gasteiger partial charge in [0.1, 0.15) is 0 Å². The Morgan fingerprint density at radius 2 is 1.83 bits per heavy atom. The maximum atomic E-state index is 11.9. The number of benzene rings is 1. The molecule has 5 nitrogen and oxygen atoms in total. The maximum absolute atomic E-state index is 11.9. The Morgan fingerprint density at radius 3 is 2.48 bits per heavy atom. The largest absolute Gasteiger partial charge is 0.352 e. The molecule has 1 aliphatic rings. The molecule has 1 aliphatic carbocycles. The molecule has 0 atom stereocenters. The zero-order valence-electron chi connectivity index (χ0n) is 13.4. The van der Waals surface area contributed by atoms with Crippen LogP contribution in [0.15, 0.2) is 29.7 Å². The van der Waals surface area contributed by atoms with Crippen LogP contribution in [-0.2, 0) is 14.8 Å². The van der Waals surface area contributed by atoms with Crippen LogP contribution in [-0.4, -0.2) is 26.9 Å². The number of aryl methyl sites for hydroxylation is 1. The third kappa shape index (κ3) is 6.54. The molecule has 23 heavy (non-hydrogen) atoms. The first-order valence-corrected chi connectivity index (χ1v) is 9.53. The van der Waals surface area contributed by atoms with E-state index >= 15 is 0 Å². The number of amides is 1. The average molecular weight is 336 g/mol. The van der Waals surface area contributed by atoms with Crippen LogP contribution < -0.4 is 10.0 Å². The summed E-state index contributed by atoms with van der Waals surface area (Å²) in [6.45, 7) is 1.74. The lowest BCUT2D eigenvalue weighted by atomic mass is 9.95. The van der Waals surface area contributed by atoms with E-state index in [9.17, 15) is 13.2 Å². The van der Waals surface area contributed by atoms with Crippen molar-refractivity contribution in [3.05, 3.63) is 40.8 Å². The summed E-state index contributed by atoms with van der Waals surface area (Å²) in [5.74, 6) is -0.274. The van der Waals surface area contributed by atoms with Gasteiger partial charge in [0.05, 0.1) is 6.54 Å². The molecular weight excluding hydrogens is 312 g/mol. The van der Waals surface area contributed by atoms with Gasteiger partial charge in [-0.2, -0.15) is 0 Å². The van der Waals surface area contributed by atoms with Gasteiger partial charge >= 0.3 is 0 Å². The van der Waals surface area contributed by atoms with Gasteiger partial charge in [-0.3, -0.25) is 4.79 Å². The van der Waals surface area contributed by atoms with Crippen molar-refractivity contribution in [2.45, 2.75) is 45.1 Å². The monoisotopic (exact) mass is 336 g/mol. The molecule has 126 valence electrons. The Labute approximate surface area is 138 Å². The number of hydrogen-bond acceptors (Lipinski definition) is 3. The molecule has 0 saturated heterocycles. The molecule has 1 amide bonds. The first kappa shape index (κ1) is 17.7. The van der Waals surface area contributed by atoms with Crippen molar-refractivity contribution in [3.8, 4) is 0 Å². The molecule has 2 N–H and O–H groups in total. The summed E-state index contributed by atoms with van der Waals surface area (Å²) in [5.41, 5.74) is 1.91. The normalized spacial score (nSPS) is 16.6. The fourth-order valence-corrected chi connectivity index (χ4v) is 3.35. The van der Waals surface area contributed by atoms with E-state index in [1.807, 2.05) is 31.2 Å². The summed E-state index contributed by atoms with van der Waals surface area (Å²) in [6.07, 6.45) is 6.92. The molecule has 0 unspecified atom stereocenters. The van der Waals surface area contributed by atoms with E-state index in [0.717, 1.165) is 42.2 Å². The summed E-state index contributed by atoms with van der Waals surface area (Å²) in [6, 6.07) is 7.70. The zero-order chi connectivity index (χ0) is 16.7. The highest BCUT2D eigenvalue weighted by Gasteiger charge is 2.16. The van der Waals surface area contributed by atoms with Crippen LogP contribution >= 0.6 is 0 Å². The summed E-state index contributed by atoms with van der Waals surface area (Å²) in [4.78, 5) is 11.8. The van der Waals surface area contributed by atoms with Crippen molar-refractivity contribution in [1.29, 1.82) is 0 Å². The van der Waals surface area contributed by atoms with E-state index < -0.39 is 10.0 Å². The van der Waals surface area contributed by atoms with Gasteiger partial charge in [-0.25, -0.2) is 13.1 Å². The highest BCUT2D eigenvalue weighted by atomic mass is 32.2. The number of hydrogen-bond donors (Lipinski definition) is 2. The molecule has 0 aliphatic heterocycles. The first-order chi connectivity index (χ1) is 10.9. The van der Waals surface area contributed by atoms with Gasteiger partial charge < -0.3 is 5.32 Å². The molecule has 0 spiro atoms. The van der Waals surface area contributed by atoms with Crippen LogP contribution in [0.25, 0.3) is 6.08 Å². The molecular formula is C17H24N2O3S. The van der Waals surface area contributed by atoms with Crippen LogP contribution in [0, 0.1) is 6.92 Å². The molecule has 1 fully saturated rings. The van der Waals surface area contributed by atoms with Crippen molar-refractivity contribution < 1.29 is 13.2 Å². The predicted molar refractivity (Wildman–Crippen MR) is 92.2 cm³/mol. The van der Waals surface area contributed by atoms with Gasteiger partial charge in [0.25, 0.3) is 0 Å². The van der Waals surface area contributed by atoms with Gasteiger partial charge in [0, 0.05) is 11.4 Å². The highest BCUT2D eigenvalue weighted by molar-refractivity contribution is 7.92. The highest BCUT2D eigenvalue weighted by Crippen LogP contribution is 2.17. The second-order valence-corrected chi connectivity index (χ2v) is 7.63. The minimum atomic E-state index is -3.62. The molecule has 1 saturated carbocycles. The molecule has 6 heteroatoms. The van der Waals surface area contributed by atoms with Crippen molar-refractivity contribution >= 4 is 22.0 Å². The smallest absolute Gasteiger partial charge is 0.235 e. The van der Waals surface area contributed by atoms with Gasteiger partial charge in [-0.1, -0.05) is 49.1 Å². The van der Waals surface area contributed by atoms with E-state index in [2.05, 4.69) is 10.0 Å². The quantitative estimate of drug-likeness (QED) is 0.837. The van der Waals surface area contributed by atoms with E-state index in [0.29, 0.717) is 0 Å². The summed E-state index contributed by atoms with van der Waals surface area (Å²) < 4.78 is 26.1. The first-order valence-electron chi connectivity index (χ1n) is 7.98. The van der Waals surface area contributed by atoms with Crippen molar-refractivity contribution in [2.75, 3.05) is 6.54 Å². The van der Waals surface area contributed by atoms with E-state index in [-0.39, 0.29) is 18.5 Å². The summed E-state index contributed by atoms with van der Waals surface area (Å²) >= 11 is 0. The third-order valence-corrected chi connectivity index (χ3v) is 4.96. The Morgan fingerprint density at radius 1 is 1.17 bits per heavy atom. The maximum Gasteiger partial charge on any atom is 0.235 e. The van der Waals surface area contributed by atoms with Crippen molar-refractivity contribution in [3.63, 3.8) is 0 Å². The van der Waals surface area contributed by atoms with E-state index in [1.54, 1.807) is 0 Å². The third-order valence-electron chi connectivity index (χ3n) is 3.92. The summed E-state index contributed by atoms with van der Waals surface area (Å²) in [5, 5.41) is 3.97. The van der Waals surface area contributed by atoms with Crippen LogP contribution in [0.4, 0.5) is 0 Å². The van der Waals surface area contributed by atoms with Crippen LogP contribution in [0.2, 0.25) is 0 Å². The number of sulfonamides is 1. The Balaban J connectivity index is 1.80. The molecule has 0 aromatic heterocycles. The van der Waals surface area contributed by atoms with Gasteiger partial charge in [-0.15, -0.1) is 0 Å². The number of nitrogens with one attached hydrogen (secondary N) is 2. The fourth-order valence-electron chi connectivity index (χ4n) is 2.59. The Bertz CT molecular complexity index is 645. The second-order valence-electron chi connectivity index (χ2n) is 5.98. The molecule has 0 radical (unpaired) electrons.